The Bertz CT molecular complexity index is 380. The number of aromatic nitrogens is 2. The molecule has 1 aromatic rings. The highest BCUT2D eigenvalue weighted by molar-refractivity contribution is 5.00. The van der Waals surface area contributed by atoms with Gasteiger partial charge in [-0.2, -0.15) is 0 Å². The van der Waals surface area contributed by atoms with Crippen molar-refractivity contribution < 1.29 is 5.11 Å². The van der Waals surface area contributed by atoms with Gasteiger partial charge in [-0.05, 0) is 33.4 Å². The van der Waals surface area contributed by atoms with Gasteiger partial charge in [0.15, 0.2) is 0 Å². The predicted octanol–water partition coefficient (Wildman–Crippen LogP) is 1.59. The molecule has 2 rings (SSSR count). The fourth-order valence-electron chi connectivity index (χ4n) is 3.24. The lowest BCUT2D eigenvalue weighted by Crippen LogP contribution is -2.51. The van der Waals surface area contributed by atoms with Crippen molar-refractivity contribution in [2.75, 3.05) is 14.1 Å². The molecule has 0 bridgehead atoms. The van der Waals surface area contributed by atoms with E-state index >= 15 is 0 Å². The molecule has 1 aliphatic rings. The van der Waals surface area contributed by atoms with Gasteiger partial charge in [0, 0.05) is 31.4 Å². The van der Waals surface area contributed by atoms with Gasteiger partial charge in [0.05, 0.1) is 6.10 Å². The van der Waals surface area contributed by atoms with Crippen LogP contribution < -0.4 is 0 Å². The summed E-state index contributed by atoms with van der Waals surface area (Å²) in [6, 6.07) is 0. The smallest absolute Gasteiger partial charge is 0.108 e. The van der Waals surface area contributed by atoms with Crippen molar-refractivity contribution in [2.45, 2.75) is 50.2 Å². The SMILES string of the molecule is CN(C)C1(C(O)CCc2nccn2C)CCCC1. The summed E-state index contributed by atoms with van der Waals surface area (Å²) in [4.78, 5) is 6.55. The van der Waals surface area contributed by atoms with Gasteiger partial charge in [0.1, 0.15) is 5.82 Å². The zero-order chi connectivity index (χ0) is 13.2. The van der Waals surface area contributed by atoms with Gasteiger partial charge in [-0.3, -0.25) is 0 Å². The van der Waals surface area contributed by atoms with Gasteiger partial charge < -0.3 is 14.6 Å². The van der Waals surface area contributed by atoms with Crippen LogP contribution in [0, 0.1) is 0 Å². The van der Waals surface area contributed by atoms with Crippen LogP contribution in [-0.2, 0) is 13.5 Å². The second-order valence-electron chi connectivity index (χ2n) is 5.71. The Balaban J connectivity index is 1.98. The van der Waals surface area contributed by atoms with Crippen molar-refractivity contribution in [3.63, 3.8) is 0 Å². The number of imidazole rings is 1. The molecule has 0 spiro atoms. The molecule has 1 aliphatic carbocycles. The lowest BCUT2D eigenvalue weighted by molar-refractivity contribution is -0.00788. The predicted molar refractivity (Wildman–Crippen MR) is 72.4 cm³/mol. The standard InChI is InChI=1S/C14H25N3O/c1-16(2)14(8-4-5-9-14)12(18)6-7-13-15-10-11-17(13)3/h10-12,18H,4-9H2,1-3H3. The maximum Gasteiger partial charge on any atom is 0.108 e. The van der Waals surface area contributed by atoms with Gasteiger partial charge >= 0.3 is 0 Å². The molecule has 4 nitrogen and oxygen atoms in total. The highest BCUT2D eigenvalue weighted by atomic mass is 16.3. The number of likely N-dealkylation sites (N-methyl/N-ethyl adjacent to an activating group) is 1. The first-order chi connectivity index (χ1) is 8.56. The fourth-order valence-corrected chi connectivity index (χ4v) is 3.24. The third-order valence-corrected chi connectivity index (χ3v) is 4.54. The van der Waals surface area contributed by atoms with E-state index in [9.17, 15) is 5.11 Å². The third kappa shape index (κ3) is 2.45. The van der Waals surface area contributed by atoms with E-state index in [1.54, 1.807) is 0 Å². The number of aliphatic hydroxyl groups is 1. The summed E-state index contributed by atoms with van der Waals surface area (Å²) in [5.74, 6) is 1.06. The second-order valence-corrected chi connectivity index (χ2v) is 5.71. The minimum Gasteiger partial charge on any atom is -0.391 e. The van der Waals surface area contributed by atoms with E-state index in [1.165, 1.54) is 12.8 Å². The quantitative estimate of drug-likeness (QED) is 0.864. The topological polar surface area (TPSA) is 41.3 Å². The van der Waals surface area contributed by atoms with Crippen molar-refractivity contribution in [2.24, 2.45) is 7.05 Å². The summed E-state index contributed by atoms with van der Waals surface area (Å²) in [7, 11) is 6.19. The summed E-state index contributed by atoms with van der Waals surface area (Å²) in [5.41, 5.74) is -0.00877. The summed E-state index contributed by atoms with van der Waals surface area (Å²) in [5, 5.41) is 10.6. The number of rotatable bonds is 5. The van der Waals surface area contributed by atoms with Gasteiger partial charge in [-0.25, -0.2) is 4.98 Å². The Morgan fingerprint density at radius 3 is 2.61 bits per heavy atom. The maximum atomic E-state index is 10.6. The van der Waals surface area contributed by atoms with Crippen LogP contribution in [0.5, 0.6) is 0 Å². The Hall–Kier alpha value is -0.870. The molecule has 0 amide bonds. The molecule has 0 saturated heterocycles. The molecule has 1 heterocycles. The average Bonchev–Trinajstić information content (AvgIpc) is 2.95. The molecule has 102 valence electrons. The molecule has 1 aromatic heterocycles. The zero-order valence-corrected chi connectivity index (χ0v) is 11.8. The minimum absolute atomic E-state index is 0.00877. The molecule has 1 saturated carbocycles. The molecule has 1 unspecified atom stereocenters. The highest BCUT2D eigenvalue weighted by Gasteiger charge is 2.42. The first kappa shape index (κ1) is 13.6. The largest absolute Gasteiger partial charge is 0.391 e. The first-order valence-corrected chi connectivity index (χ1v) is 6.88. The third-order valence-electron chi connectivity index (χ3n) is 4.54. The van der Waals surface area contributed by atoms with Crippen molar-refractivity contribution in [1.82, 2.24) is 14.5 Å². The minimum atomic E-state index is -0.258. The zero-order valence-electron chi connectivity index (χ0n) is 11.8. The molecular weight excluding hydrogens is 226 g/mol. The Labute approximate surface area is 110 Å². The summed E-state index contributed by atoms with van der Waals surface area (Å²) < 4.78 is 2.03. The van der Waals surface area contributed by atoms with Crippen LogP contribution in [0.4, 0.5) is 0 Å². The van der Waals surface area contributed by atoms with E-state index in [0.29, 0.717) is 0 Å². The second kappa shape index (κ2) is 5.41. The monoisotopic (exact) mass is 251 g/mol. The van der Waals surface area contributed by atoms with Crippen LogP contribution in [0.15, 0.2) is 12.4 Å². The molecule has 1 N–H and O–H groups in total. The van der Waals surface area contributed by atoms with Gasteiger partial charge in [0.25, 0.3) is 0 Å². The molecule has 0 aliphatic heterocycles. The van der Waals surface area contributed by atoms with Crippen LogP contribution in [0.1, 0.15) is 37.9 Å². The van der Waals surface area contributed by atoms with E-state index < -0.39 is 0 Å². The Kier molecular flexibility index (Phi) is 4.07. The molecular formula is C14H25N3O. The number of hydrogen-bond donors (Lipinski definition) is 1. The maximum absolute atomic E-state index is 10.6. The average molecular weight is 251 g/mol. The lowest BCUT2D eigenvalue weighted by atomic mass is 9.86. The number of nitrogens with zero attached hydrogens (tertiary/aromatic N) is 3. The van der Waals surface area contributed by atoms with E-state index in [1.807, 2.05) is 24.0 Å². The Morgan fingerprint density at radius 1 is 1.44 bits per heavy atom. The molecule has 1 atom stereocenters. The van der Waals surface area contributed by atoms with Crippen LogP contribution in [-0.4, -0.2) is 45.3 Å². The van der Waals surface area contributed by atoms with E-state index in [-0.39, 0.29) is 11.6 Å². The van der Waals surface area contributed by atoms with Gasteiger partial charge in [-0.1, -0.05) is 12.8 Å². The van der Waals surface area contributed by atoms with Crippen LogP contribution >= 0.6 is 0 Å². The van der Waals surface area contributed by atoms with Crippen molar-refractivity contribution >= 4 is 0 Å². The van der Waals surface area contributed by atoms with E-state index in [0.717, 1.165) is 31.5 Å². The molecule has 1 fully saturated rings. The van der Waals surface area contributed by atoms with Gasteiger partial charge in [-0.15, -0.1) is 0 Å². The summed E-state index contributed by atoms with van der Waals surface area (Å²) >= 11 is 0. The summed E-state index contributed by atoms with van der Waals surface area (Å²) in [6.07, 6.45) is 9.85. The first-order valence-electron chi connectivity index (χ1n) is 6.88. The normalized spacial score (nSPS) is 20.5. The van der Waals surface area contributed by atoms with Crippen LogP contribution in [0.2, 0.25) is 0 Å². The number of aryl methyl sites for hydroxylation is 2. The molecule has 0 aromatic carbocycles. The van der Waals surface area contributed by atoms with Crippen LogP contribution in [0.3, 0.4) is 0 Å². The molecule has 4 heteroatoms. The lowest BCUT2D eigenvalue weighted by Gasteiger charge is -2.40. The highest BCUT2D eigenvalue weighted by Crippen LogP contribution is 2.38. The van der Waals surface area contributed by atoms with E-state index in [4.69, 9.17) is 0 Å². The molecule has 18 heavy (non-hydrogen) atoms. The van der Waals surface area contributed by atoms with Crippen LogP contribution in [0.25, 0.3) is 0 Å². The molecule has 0 radical (unpaired) electrons. The Morgan fingerprint density at radius 2 is 2.11 bits per heavy atom. The van der Waals surface area contributed by atoms with E-state index in [2.05, 4.69) is 24.0 Å². The summed E-state index contributed by atoms with van der Waals surface area (Å²) in [6.45, 7) is 0. The van der Waals surface area contributed by atoms with Crippen molar-refractivity contribution in [3.8, 4) is 0 Å². The number of hydrogen-bond acceptors (Lipinski definition) is 3. The van der Waals surface area contributed by atoms with Crippen molar-refractivity contribution in [1.29, 1.82) is 0 Å². The fraction of sp³-hybridized carbons (Fsp3) is 0.786. The van der Waals surface area contributed by atoms with Crippen molar-refractivity contribution in [3.05, 3.63) is 18.2 Å². The number of aliphatic hydroxyl groups excluding tert-OH is 1. The van der Waals surface area contributed by atoms with Gasteiger partial charge in [0.2, 0.25) is 0 Å².